The third kappa shape index (κ3) is 0.641. The Labute approximate surface area is 36.6 Å². The van der Waals surface area contributed by atoms with Crippen LogP contribution in [0.1, 0.15) is 12.8 Å². The van der Waals surface area contributed by atoms with E-state index in [0.29, 0.717) is 0 Å². The molecule has 0 aromatic rings. The molecular formula is C4H5N2. The molecule has 0 aromatic carbocycles. The van der Waals surface area contributed by atoms with Gasteiger partial charge in [-0.1, -0.05) is 0 Å². The summed E-state index contributed by atoms with van der Waals surface area (Å²) in [6, 6.07) is 0. The molecule has 0 amide bonds. The molecule has 6 heavy (non-hydrogen) atoms. The zero-order valence-electron chi connectivity index (χ0n) is 3.39. The Kier molecular flexibility index (Phi) is 0.998. The minimum atomic E-state index is 0.934. The van der Waals surface area contributed by atoms with Gasteiger partial charge in [-0.3, -0.25) is 0 Å². The molecule has 0 saturated carbocycles. The topological polar surface area (TPSA) is 24.7 Å². The fourth-order valence-corrected chi connectivity index (χ4v) is 0.318. The highest BCUT2D eigenvalue weighted by Gasteiger charge is 1.81. The molecule has 0 saturated heterocycles. The maximum absolute atomic E-state index is 3.57. The summed E-state index contributed by atoms with van der Waals surface area (Å²) in [5.41, 5.74) is 0. The lowest BCUT2D eigenvalue weighted by atomic mass is 10.3. The molecule has 1 radical (unpaired) electrons. The van der Waals surface area contributed by atoms with E-state index in [0.717, 1.165) is 12.8 Å². The Morgan fingerprint density at radius 1 is 1.67 bits per heavy atom. The summed E-state index contributed by atoms with van der Waals surface area (Å²) in [6.07, 6.45) is 6.44. The number of rotatable bonds is 0. The average Bonchev–Trinajstić information content (AvgIpc) is 1.72. The second-order valence-corrected chi connectivity index (χ2v) is 1.09. The van der Waals surface area contributed by atoms with Crippen molar-refractivity contribution in [2.75, 3.05) is 0 Å². The van der Waals surface area contributed by atoms with Gasteiger partial charge in [0.05, 0.1) is 6.21 Å². The largest absolute Gasteiger partial charge is 0.163 e. The molecule has 0 bridgehead atoms. The second kappa shape index (κ2) is 1.70. The van der Waals surface area contributed by atoms with Crippen LogP contribution in [0.25, 0.3) is 0 Å². The summed E-state index contributed by atoms with van der Waals surface area (Å²) in [6.45, 7) is 0. The van der Waals surface area contributed by atoms with Gasteiger partial charge in [0.25, 0.3) is 0 Å². The molecule has 31 valence electrons. The molecule has 1 aliphatic rings. The van der Waals surface area contributed by atoms with Crippen LogP contribution in [0, 0.1) is 0 Å². The molecule has 1 rings (SSSR count). The summed E-state index contributed by atoms with van der Waals surface area (Å²) >= 11 is 0. The molecule has 2 heteroatoms. The molecule has 0 N–H and O–H groups in total. The minimum absolute atomic E-state index is 0.934. The lowest BCUT2D eigenvalue weighted by Gasteiger charge is -1.85. The van der Waals surface area contributed by atoms with Crippen LogP contribution in [0.4, 0.5) is 0 Å². The molecule has 1 heterocycles. The second-order valence-electron chi connectivity index (χ2n) is 1.09. The van der Waals surface area contributed by atoms with E-state index < -0.39 is 0 Å². The Bertz CT molecular complexity index is 71.5. The van der Waals surface area contributed by atoms with Crippen molar-refractivity contribution in [1.29, 1.82) is 0 Å². The monoisotopic (exact) mass is 81.0 g/mol. The predicted octanol–water partition coefficient (Wildman–Crippen LogP) is 0.714. The molecule has 1 aliphatic heterocycles. The van der Waals surface area contributed by atoms with Crippen molar-refractivity contribution in [3.05, 3.63) is 0 Å². The first-order valence-corrected chi connectivity index (χ1v) is 1.94. The fourth-order valence-electron chi connectivity index (χ4n) is 0.318. The highest BCUT2D eigenvalue weighted by Crippen LogP contribution is 1.86. The van der Waals surface area contributed by atoms with Crippen molar-refractivity contribution >= 4 is 12.4 Å². The van der Waals surface area contributed by atoms with Crippen molar-refractivity contribution in [3.8, 4) is 0 Å². The third-order valence-electron chi connectivity index (χ3n) is 0.595. The first kappa shape index (κ1) is 3.53. The standard InChI is InChI=1S/C4H5N2/c1-2-4-6-5-3-1/h3H,1-2H2. The van der Waals surface area contributed by atoms with E-state index in [1.807, 2.05) is 0 Å². The minimum Gasteiger partial charge on any atom is -0.163 e. The average molecular weight is 81.1 g/mol. The maximum atomic E-state index is 3.57. The fraction of sp³-hybridized carbons (Fsp3) is 0.500. The zero-order chi connectivity index (χ0) is 4.24. The number of hydrogen-bond donors (Lipinski definition) is 0. The molecule has 0 aromatic heterocycles. The normalized spacial score (nSPS) is 18.7. The molecule has 0 unspecified atom stereocenters. The van der Waals surface area contributed by atoms with Gasteiger partial charge in [-0.05, 0) is 12.8 Å². The van der Waals surface area contributed by atoms with Crippen LogP contribution in [0.5, 0.6) is 0 Å². The molecule has 0 fully saturated rings. The van der Waals surface area contributed by atoms with Gasteiger partial charge in [0.15, 0.2) is 0 Å². The lowest BCUT2D eigenvalue weighted by molar-refractivity contribution is 1.09. The van der Waals surface area contributed by atoms with E-state index in [1.165, 1.54) is 0 Å². The van der Waals surface area contributed by atoms with E-state index in [-0.39, 0.29) is 0 Å². The van der Waals surface area contributed by atoms with Gasteiger partial charge in [0.1, 0.15) is 0 Å². The van der Waals surface area contributed by atoms with Gasteiger partial charge >= 0.3 is 0 Å². The molecular weight excluding hydrogens is 76.1 g/mol. The quantitative estimate of drug-likeness (QED) is 0.410. The molecule has 0 aliphatic carbocycles. The lowest BCUT2D eigenvalue weighted by Crippen LogP contribution is -1.82. The van der Waals surface area contributed by atoms with Crippen LogP contribution in [0.3, 0.4) is 0 Å². The van der Waals surface area contributed by atoms with Crippen LogP contribution in [-0.2, 0) is 0 Å². The Morgan fingerprint density at radius 3 is 2.83 bits per heavy atom. The SMILES string of the molecule is [C]1=NN=CCC1. The van der Waals surface area contributed by atoms with Crippen molar-refractivity contribution in [1.82, 2.24) is 0 Å². The Hall–Kier alpha value is -0.660. The number of nitrogens with zero attached hydrogens (tertiary/aromatic N) is 2. The highest BCUT2D eigenvalue weighted by atomic mass is 15.2. The van der Waals surface area contributed by atoms with E-state index in [9.17, 15) is 0 Å². The summed E-state index contributed by atoms with van der Waals surface area (Å²) in [5, 5.41) is 7.06. The van der Waals surface area contributed by atoms with Gasteiger partial charge in [-0.15, -0.1) is 0 Å². The van der Waals surface area contributed by atoms with Crippen LogP contribution in [-0.4, -0.2) is 12.4 Å². The van der Waals surface area contributed by atoms with Crippen molar-refractivity contribution in [2.24, 2.45) is 10.2 Å². The predicted molar refractivity (Wildman–Crippen MR) is 25.2 cm³/mol. The molecule has 2 nitrogen and oxygen atoms in total. The Balaban J connectivity index is 2.46. The summed E-state index contributed by atoms with van der Waals surface area (Å²) in [7, 11) is 0. The van der Waals surface area contributed by atoms with Crippen LogP contribution < -0.4 is 0 Å². The first-order valence-electron chi connectivity index (χ1n) is 1.94. The highest BCUT2D eigenvalue weighted by molar-refractivity contribution is 5.69. The van der Waals surface area contributed by atoms with E-state index in [4.69, 9.17) is 0 Å². The van der Waals surface area contributed by atoms with Crippen molar-refractivity contribution < 1.29 is 0 Å². The van der Waals surface area contributed by atoms with E-state index in [2.05, 4.69) is 16.4 Å². The summed E-state index contributed by atoms with van der Waals surface area (Å²) in [4.78, 5) is 0. The summed E-state index contributed by atoms with van der Waals surface area (Å²) < 4.78 is 0. The third-order valence-corrected chi connectivity index (χ3v) is 0.595. The van der Waals surface area contributed by atoms with Gasteiger partial charge in [0.2, 0.25) is 0 Å². The molecule has 0 atom stereocenters. The number of hydrogen-bond acceptors (Lipinski definition) is 2. The van der Waals surface area contributed by atoms with Crippen LogP contribution in [0.2, 0.25) is 0 Å². The van der Waals surface area contributed by atoms with Crippen LogP contribution in [0.15, 0.2) is 10.2 Å². The van der Waals surface area contributed by atoms with E-state index in [1.54, 1.807) is 6.21 Å². The van der Waals surface area contributed by atoms with Gasteiger partial charge < -0.3 is 0 Å². The zero-order valence-corrected chi connectivity index (χ0v) is 3.39. The van der Waals surface area contributed by atoms with Gasteiger partial charge in [-0.2, -0.15) is 10.2 Å². The first-order chi connectivity index (χ1) is 3.00. The molecule has 0 spiro atoms. The Morgan fingerprint density at radius 2 is 2.67 bits per heavy atom. The van der Waals surface area contributed by atoms with E-state index >= 15 is 0 Å². The maximum Gasteiger partial charge on any atom is 0.0867 e. The van der Waals surface area contributed by atoms with Crippen molar-refractivity contribution in [2.45, 2.75) is 12.8 Å². The summed E-state index contributed by atoms with van der Waals surface area (Å²) in [5.74, 6) is 0. The van der Waals surface area contributed by atoms with Crippen LogP contribution >= 0.6 is 0 Å². The van der Waals surface area contributed by atoms with Gasteiger partial charge in [0, 0.05) is 6.21 Å². The van der Waals surface area contributed by atoms with Crippen molar-refractivity contribution in [3.63, 3.8) is 0 Å². The van der Waals surface area contributed by atoms with Gasteiger partial charge in [-0.25, -0.2) is 0 Å². The smallest absolute Gasteiger partial charge is 0.0867 e.